The van der Waals surface area contributed by atoms with Crippen LogP contribution in [0, 0.1) is 0 Å². The first-order chi connectivity index (χ1) is 50.6. The number of esters is 6. The van der Waals surface area contributed by atoms with Gasteiger partial charge in [-0.2, -0.15) is 38.4 Å². The lowest BCUT2D eigenvalue weighted by molar-refractivity contribution is -0.193. The molecule has 0 amide bonds. The fourth-order valence-electron chi connectivity index (χ4n) is 7.59. The van der Waals surface area contributed by atoms with Crippen LogP contribution in [-0.4, -0.2) is 192 Å². The van der Waals surface area contributed by atoms with Crippen LogP contribution in [0.4, 0.5) is 0 Å². The van der Waals surface area contributed by atoms with Gasteiger partial charge in [-0.3, -0.25) is 33.6 Å². The third-order valence-corrected chi connectivity index (χ3v) is 13.7. The van der Waals surface area contributed by atoms with Crippen molar-refractivity contribution in [2.45, 2.75) is 147 Å². The molecule has 4 rings (SSSR count). The maximum Gasteiger partial charge on any atom is 0.373 e. The number of carbonyl (C=O) groups excluding carboxylic acids is 17. The van der Waals surface area contributed by atoms with Gasteiger partial charge >= 0.3 is 60.4 Å². The van der Waals surface area contributed by atoms with Gasteiger partial charge in [-0.25, -0.2) is 24.0 Å². The highest BCUT2D eigenvalue weighted by molar-refractivity contribution is 9.10. The molecule has 0 aliphatic rings. The Bertz CT molecular complexity index is 3790. The molecule has 0 fully saturated rings. The Labute approximate surface area is 632 Å². The molecule has 38 heteroatoms. The first-order valence-electron chi connectivity index (χ1n) is 31.7. The van der Waals surface area contributed by atoms with Gasteiger partial charge < -0.3 is 75.2 Å². The number of hydrogen-bond acceptors (Lipinski definition) is 33. The largest absolute Gasteiger partial charge is 0.468 e. The minimum atomic E-state index is -0.675. The Balaban J connectivity index is -0.000000281. The molecule has 0 atom stereocenters. The SMILES string of the molecule is CCOC(=O)/C(=C\N(C)C)C(C)=O.CCOC(=O)CC(C)=O.CCOC(=O)c1cn(CC(OC)OC)c(CC)c(Br)c1=O.CCOC(=O)c1cn(CC(OC)OC)c(CC)cc1=O.CCOC(=O)c1cn(CC=O)c(CC)c(Br)c1=O.CCOC(=O)c1coc(CC)cc1=O.O=C=O.O=C=O.O=C=O.O=C=O. The third kappa shape index (κ3) is 45.5. The number of pyridine rings is 3. The molecule has 36 nitrogen and oxygen atoms in total. The summed E-state index contributed by atoms with van der Waals surface area (Å²) in [6, 6.07) is 2.76. The van der Waals surface area contributed by atoms with Crippen molar-refractivity contribution in [1.29, 1.82) is 0 Å². The Morgan fingerprint density at radius 2 is 0.850 bits per heavy atom. The summed E-state index contributed by atoms with van der Waals surface area (Å²) in [4.78, 5) is 214. The fraction of sp³-hybridized carbons (Fsp3) is 0.493. The van der Waals surface area contributed by atoms with Crippen LogP contribution < -0.4 is 21.7 Å². The molecule has 0 unspecified atom stereocenters. The molecule has 0 aliphatic carbocycles. The molecular weight excluding hydrogens is 1560 g/mol. The molecular formula is C69H92Br2N4O32. The predicted octanol–water partition coefficient (Wildman–Crippen LogP) is 4.88. The molecule has 0 aromatic carbocycles. The first kappa shape index (κ1) is 107. The van der Waals surface area contributed by atoms with Crippen LogP contribution in [0.25, 0.3) is 0 Å². The monoisotopic (exact) mass is 1650 g/mol. The Hall–Kier alpha value is -10.5. The smallest absolute Gasteiger partial charge is 0.373 e. The summed E-state index contributed by atoms with van der Waals surface area (Å²) in [6.07, 6.45) is 10.2. The Kier molecular flexibility index (Phi) is 66.5. The van der Waals surface area contributed by atoms with Crippen molar-refractivity contribution in [2.75, 3.05) is 82.2 Å². The molecule has 594 valence electrons. The van der Waals surface area contributed by atoms with E-state index in [-0.39, 0.29) is 126 Å². The van der Waals surface area contributed by atoms with E-state index in [9.17, 15) is 62.3 Å². The third-order valence-electron chi connectivity index (χ3n) is 12.1. The fourth-order valence-corrected chi connectivity index (χ4v) is 9.04. The van der Waals surface area contributed by atoms with Crippen molar-refractivity contribution in [1.82, 2.24) is 18.6 Å². The van der Waals surface area contributed by atoms with Crippen LogP contribution in [0.3, 0.4) is 0 Å². The minimum absolute atomic E-state index is 0.00752. The average Bonchev–Trinajstić information content (AvgIpc) is 0.814. The summed E-state index contributed by atoms with van der Waals surface area (Å²) in [5, 5.41) is 0. The molecule has 0 spiro atoms. The van der Waals surface area contributed by atoms with Crippen molar-refractivity contribution >= 4 is 110 Å². The number of carbonyl (C=O) groups is 9. The van der Waals surface area contributed by atoms with E-state index in [0.717, 1.165) is 17.7 Å². The zero-order chi connectivity index (χ0) is 83.9. The molecule has 0 N–H and O–H groups in total. The number of Topliss-reactive ketones (excluding diaryl/α,β-unsaturated/α-hetero) is 2. The average molecular weight is 1650 g/mol. The topological polar surface area (TPSA) is 482 Å². The molecule has 0 aliphatic heterocycles. The van der Waals surface area contributed by atoms with Gasteiger partial charge in [0.1, 0.15) is 58.3 Å². The van der Waals surface area contributed by atoms with Gasteiger partial charge in [0, 0.05) is 103 Å². The number of methoxy groups -OCH3 is 4. The van der Waals surface area contributed by atoms with Crippen LogP contribution in [0.2, 0.25) is 0 Å². The molecule has 4 aromatic heterocycles. The second-order valence-corrected chi connectivity index (χ2v) is 21.0. The highest BCUT2D eigenvalue weighted by Crippen LogP contribution is 2.18. The second-order valence-electron chi connectivity index (χ2n) is 19.5. The lowest BCUT2D eigenvalue weighted by Crippen LogP contribution is -2.28. The maximum atomic E-state index is 12.2. The Morgan fingerprint density at radius 3 is 1.18 bits per heavy atom. The van der Waals surface area contributed by atoms with Gasteiger partial charge in [0.15, 0.2) is 29.2 Å². The van der Waals surface area contributed by atoms with E-state index in [4.69, 9.17) is 80.7 Å². The van der Waals surface area contributed by atoms with Crippen LogP contribution in [-0.2, 0) is 155 Å². The van der Waals surface area contributed by atoms with E-state index in [2.05, 4.69) is 41.3 Å². The standard InChI is InChI=1S/C14H20BrNO5.C14H21NO5.C12H14BrNO4.C10H12O4.C9H15NO3.C6H10O3.4CO2/c1-5-10-12(15)13(17)9(14(18)21-6-2)7-16(10)8-11(19-3)20-4;1-5-10-7-12(16)11(14(17)20-6-2)8-15(10)9-13(18-3)19-4;1-3-9-10(13)11(16)8(12(17)18-4-2)7-14(9)5-6-15;1-3-7-5-9(11)8(6-14-7)10(12)13-4-2;1-5-13-9(12)8(7(2)11)6-10(3)4;1-3-9-6(8)4-5(2)7;4*2-1-3/h7,11H,5-6,8H2,1-4H3;7-8,13H,5-6,9H2,1-4H3;6-7H,3-5H2,1-2H3;5-6H,3-4H2,1-2H3;6H,5H2,1-4H3;3-4H2,1-2H3;;;;/b;;;;8-6-;;;;;. The molecule has 0 radical (unpaired) electrons. The van der Waals surface area contributed by atoms with Crippen LogP contribution >= 0.6 is 31.9 Å². The van der Waals surface area contributed by atoms with Crippen LogP contribution in [0.5, 0.6) is 0 Å². The number of ether oxygens (including phenoxy) is 10. The number of hydrogen-bond donors (Lipinski definition) is 0. The van der Waals surface area contributed by atoms with E-state index in [1.54, 1.807) is 74.2 Å². The van der Waals surface area contributed by atoms with E-state index in [0.29, 0.717) is 72.1 Å². The van der Waals surface area contributed by atoms with Crippen molar-refractivity contribution in [2.24, 2.45) is 0 Å². The minimum Gasteiger partial charge on any atom is -0.468 e. The number of nitrogens with zero attached hydrogens (tertiary/aromatic N) is 4. The summed E-state index contributed by atoms with van der Waals surface area (Å²) < 4.78 is 60.0. The van der Waals surface area contributed by atoms with Gasteiger partial charge in [0.2, 0.25) is 10.9 Å². The second kappa shape index (κ2) is 66.2. The summed E-state index contributed by atoms with van der Waals surface area (Å²) in [7, 11) is 9.61. The molecule has 0 saturated heterocycles. The molecule has 0 bridgehead atoms. The van der Waals surface area contributed by atoms with Crippen molar-refractivity contribution in [3.8, 4) is 0 Å². The number of aldehydes is 1. The molecule has 4 heterocycles. The zero-order valence-electron chi connectivity index (χ0n) is 62.8. The van der Waals surface area contributed by atoms with Gasteiger partial charge in [-0.1, -0.05) is 27.7 Å². The van der Waals surface area contributed by atoms with Gasteiger partial charge in [-0.15, -0.1) is 0 Å². The van der Waals surface area contributed by atoms with Crippen LogP contribution in [0.1, 0.15) is 154 Å². The normalized spacial score (nSPS) is 9.53. The maximum absolute atomic E-state index is 12.2. The molecule has 0 saturated carbocycles. The Morgan fingerprint density at radius 1 is 0.495 bits per heavy atom. The summed E-state index contributed by atoms with van der Waals surface area (Å²) in [6.45, 7) is 22.8. The van der Waals surface area contributed by atoms with Crippen molar-refractivity contribution in [3.05, 3.63) is 144 Å². The first-order valence-corrected chi connectivity index (χ1v) is 33.3. The predicted molar refractivity (Wildman–Crippen MR) is 377 cm³/mol. The number of rotatable bonds is 29. The quantitative estimate of drug-likeness (QED) is 0.0133. The van der Waals surface area contributed by atoms with Crippen molar-refractivity contribution in [3.63, 3.8) is 0 Å². The lowest BCUT2D eigenvalue weighted by Gasteiger charge is -2.20. The number of aromatic nitrogens is 3. The van der Waals surface area contributed by atoms with Gasteiger partial charge in [0.05, 0.1) is 68.2 Å². The highest BCUT2D eigenvalue weighted by atomic mass is 79.9. The van der Waals surface area contributed by atoms with E-state index >= 15 is 0 Å². The molecule has 4 aromatic rings. The van der Waals surface area contributed by atoms with Crippen LogP contribution in [0.15, 0.2) is 81.3 Å². The van der Waals surface area contributed by atoms with E-state index < -0.39 is 53.8 Å². The number of ketones is 2. The van der Waals surface area contributed by atoms with E-state index in [1.165, 1.54) is 79.2 Å². The lowest BCUT2D eigenvalue weighted by atomic mass is 10.2. The zero-order valence-corrected chi connectivity index (χ0v) is 66.0. The van der Waals surface area contributed by atoms with Crippen molar-refractivity contribution < 1.29 is 133 Å². The number of aryl methyl sites for hydroxylation is 2. The summed E-state index contributed by atoms with van der Waals surface area (Å²) in [5.74, 6) is -3.45. The van der Waals surface area contributed by atoms with Gasteiger partial charge in [0.25, 0.3) is 0 Å². The summed E-state index contributed by atoms with van der Waals surface area (Å²) in [5.41, 5.74) is 0.768. The summed E-state index contributed by atoms with van der Waals surface area (Å²) >= 11 is 6.45. The number of halogens is 2. The van der Waals surface area contributed by atoms with E-state index in [1.807, 2.05) is 27.7 Å². The highest BCUT2D eigenvalue weighted by Gasteiger charge is 2.23. The van der Waals surface area contributed by atoms with Gasteiger partial charge in [-0.05, 0) is 107 Å². The molecule has 107 heavy (non-hydrogen) atoms.